The summed E-state index contributed by atoms with van der Waals surface area (Å²) in [5.74, 6) is 0.259. The van der Waals surface area contributed by atoms with E-state index in [0.717, 1.165) is 0 Å². The molecule has 0 radical (unpaired) electrons. The van der Waals surface area contributed by atoms with Crippen LogP contribution in [0.15, 0.2) is 11.5 Å². The second kappa shape index (κ2) is 4.84. The Morgan fingerprint density at radius 3 is 2.63 bits per heavy atom. The van der Waals surface area contributed by atoms with Crippen molar-refractivity contribution in [2.45, 2.75) is 31.1 Å². The number of methoxy groups -OCH3 is 1. The maximum atomic E-state index is 12.3. The Kier molecular flexibility index (Phi) is 3.67. The Morgan fingerprint density at radius 1 is 1.47 bits per heavy atom. The van der Waals surface area contributed by atoms with Crippen LogP contribution in [0.4, 0.5) is 0 Å². The van der Waals surface area contributed by atoms with Crippen LogP contribution in [-0.4, -0.2) is 49.4 Å². The van der Waals surface area contributed by atoms with Crippen LogP contribution in [0, 0.1) is 0 Å². The average molecular weight is 302 g/mol. The van der Waals surface area contributed by atoms with Gasteiger partial charge in [-0.3, -0.25) is 9.69 Å². The monoisotopic (exact) mass is 302 g/mol. The molecule has 0 spiro atoms. The molecule has 1 saturated heterocycles. The van der Waals surface area contributed by atoms with Crippen molar-refractivity contribution in [2.24, 2.45) is 5.73 Å². The number of nitrogens with two attached hydrogens (primary N) is 1. The van der Waals surface area contributed by atoms with Gasteiger partial charge in [0, 0.05) is 0 Å². The summed E-state index contributed by atoms with van der Waals surface area (Å²) < 4.78 is 10.7. The standard InChI is InChI=1S/C11H18N2O4SSi/c1-16-6-5-18-10-7(12)9(14)13(10)8(6)11(15)17-19(2,3)4/h7,10H,5,12H2,1-4H3/t7-,10-/m1/s1. The molecule has 106 valence electrons. The molecule has 0 aromatic carbocycles. The normalized spacial score (nSPS) is 26.8. The molecular weight excluding hydrogens is 284 g/mol. The van der Waals surface area contributed by atoms with E-state index in [1.165, 1.54) is 23.8 Å². The fourth-order valence-electron chi connectivity index (χ4n) is 1.96. The second-order valence-electron chi connectivity index (χ2n) is 5.41. The first-order chi connectivity index (χ1) is 8.76. The van der Waals surface area contributed by atoms with Crippen LogP contribution < -0.4 is 5.73 Å². The first-order valence-electron chi connectivity index (χ1n) is 5.97. The van der Waals surface area contributed by atoms with Crippen molar-refractivity contribution in [2.75, 3.05) is 12.9 Å². The Bertz CT molecular complexity index is 460. The predicted octanol–water partition coefficient (Wildman–Crippen LogP) is 0.465. The first kappa shape index (κ1) is 14.4. The lowest BCUT2D eigenvalue weighted by Crippen LogP contribution is -2.68. The molecule has 2 rings (SSSR count). The quantitative estimate of drug-likeness (QED) is 0.603. The molecular formula is C11H18N2O4SSi. The Balaban J connectivity index is 2.30. The number of ether oxygens (including phenoxy) is 1. The summed E-state index contributed by atoms with van der Waals surface area (Å²) in [5.41, 5.74) is 5.96. The van der Waals surface area contributed by atoms with Crippen LogP contribution in [0.25, 0.3) is 0 Å². The van der Waals surface area contributed by atoms with Crippen LogP contribution in [0.2, 0.25) is 19.6 Å². The number of hydrogen-bond donors (Lipinski definition) is 1. The third-order valence-electron chi connectivity index (χ3n) is 2.81. The molecule has 0 aliphatic carbocycles. The molecule has 2 aliphatic heterocycles. The van der Waals surface area contributed by atoms with Crippen molar-refractivity contribution < 1.29 is 18.8 Å². The van der Waals surface area contributed by atoms with Gasteiger partial charge in [-0.05, 0) is 19.6 Å². The zero-order valence-electron chi connectivity index (χ0n) is 11.4. The number of thioether (sulfide) groups is 1. The van der Waals surface area contributed by atoms with E-state index in [9.17, 15) is 9.59 Å². The van der Waals surface area contributed by atoms with E-state index < -0.39 is 20.3 Å². The highest BCUT2D eigenvalue weighted by molar-refractivity contribution is 8.00. The topological polar surface area (TPSA) is 81.9 Å². The Hall–Kier alpha value is -0.993. The van der Waals surface area contributed by atoms with Gasteiger partial charge in [-0.15, -0.1) is 11.8 Å². The maximum absolute atomic E-state index is 12.3. The summed E-state index contributed by atoms with van der Waals surface area (Å²) in [4.78, 5) is 25.5. The van der Waals surface area contributed by atoms with Crippen LogP contribution in [0.3, 0.4) is 0 Å². The van der Waals surface area contributed by atoms with Gasteiger partial charge in [0.2, 0.25) is 14.2 Å². The van der Waals surface area contributed by atoms with Gasteiger partial charge in [0.25, 0.3) is 0 Å². The molecule has 1 fully saturated rings. The summed E-state index contributed by atoms with van der Waals surface area (Å²) in [5, 5.41) is -0.185. The first-order valence-corrected chi connectivity index (χ1v) is 10.4. The lowest BCUT2D eigenvalue weighted by atomic mass is 10.1. The summed E-state index contributed by atoms with van der Waals surface area (Å²) in [6.07, 6.45) is 0. The van der Waals surface area contributed by atoms with Crippen LogP contribution >= 0.6 is 11.8 Å². The van der Waals surface area contributed by atoms with E-state index in [2.05, 4.69) is 0 Å². The van der Waals surface area contributed by atoms with Gasteiger partial charge in [-0.1, -0.05) is 0 Å². The van der Waals surface area contributed by atoms with Gasteiger partial charge in [-0.25, -0.2) is 4.79 Å². The molecule has 2 N–H and O–H groups in total. The zero-order chi connectivity index (χ0) is 14.4. The molecule has 2 aliphatic rings. The molecule has 6 nitrogen and oxygen atoms in total. The van der Waals surface area contributed by atoms with Gasteiger partial charge in [-0.2, -0.15) is 0 Å². The third kappa shape index (κ3) is 2.52. The van der Waals surface area contributed by atoms with Crippen LogP contribution in [-0.2, 0) is 18.8 Å². The van der Waals surface area contributed by atoms with Crippen molar-refractivity contribution in [3.05, 3.63) is 11.5 Å². The van der Waals surface area contributed by atoms with Crippen molar-refractivity contribution >= 4 is 32.0 Å². The van der Waals surface area contributed by atoms with Crippen molar-refractivity contribution in [1.82, 2.24) is 4.90 Å². The highest BCUT2D eigenvalue weighted by Crippen LogP contribution is 2.40. The van der Waals surface area contributed by atoms with Crippen LogP contribution in [0.1, 0.15) is 0 Å². The molecule has 2 heterocycles. The number of nitrogens with zero attached hydrogens (tertiary/aromatic N) is 1. The van der Waals surface area contributed by atoms with Gasteiger partial charge in [0.1, 0.15) is 17.2 Å². The van der Waals surface area contributed by atoms with Crippen molar-refractivity contribution in [3.63, 3.8) is 0 Å². The van der Waals surface area contributed by atoms with E-state index >= 15 is 0 Å². The van der Waals surface area contributed by atoms with Gasteiger partial charge in [0.05, 0.1) is 12.9 Å². The number of fused-ring (bicyclic) bond motifs is 1. The summed E-state index contributed by atoms with van der Waals surface area (Å²) in [6.45, 7) is 5.74. The highest BCUT2D eigenvalue weighted by atomic mass is 32.2. The van der Waals surface area contributed by atoms with Crippen LogP contribution in [0.5, 0.6) is 0 Å². The molecule has 0 aromatic heterocycles. The molecule has 0 saturated carbocycles. The van der Waals surface area contributed by atoms with Gasteiger partial charge >= 0.3 is 5.97 Å². The second-order valence-corrected chi connectivity index (χ2v) is 10.9. The molecule has 1 amide bonds. The minimum absolute atomic E-state index is 0.185. The number of carbonyl (C=O) groups is 2. The Morgan fingerprint density at radius 2 is 2.11 bits per heavy atom. The minimum Gasteiger partial charge on any atom is -0.515 e. The Labute approximate surface area is 117 Å². The van der Waals surface area contributed by atoms with E-state index in [-0.39, 0.29) is 17.0 Å². The van der Waals surface area contributed by atoms with Crippen molar-refractivity contribution in [3.8, 4) is 0 Å². The fraction of sp³-hybridized carbons (Fsp3) is 0.636. The fourth-order valence-corrected chi connectivity index (χ4v) is 3.87. The van der Waals surface area contributed by atoms with Gasteiger partial charge < -0.3 is 14.9 Å². The number of amides is 1. The van der Waals surface area contributed by atoms with E-state index in [4.69, 9.17) is 14.9 Å². The highest BCUT2D eigenvalue weighted by Gasteiger charge is 2.52. The average Bonchev–Trinajstić information content (AvgIpc) is 2.33. The molecule has 19 heavy (non-hydrogen) atoms. The SMILES string of the molecule is COC1=C(C(=O)O[Si](C)(C)C)N2C(=O)[C@@H](N)[C@H]2SC1. The predicted molar refractivity (Wildman–Crippen MR) is 74.5 cm³/mol. The number of carbonyl (C=O) groups excluding carboxylic acids is 2. The molecule has 0 aromatic rings. The zero-order valence-corrected chi connectivity index (χ0v) is 13.2. The van der Waals surface area contributed by atoms with E-state index in [0.29, 0.717) is 11.5 Å². The number of hydrogen-bond acceptors (Lipinski definition) is 6. The molecule has 2 atom stereocenters. The third-order valence-corrected chi connectivity index (χ3v) is 4.89. The van der Waals surface area contributed by atoms with E-state index in [1.807, 2.05) is 19.6 Å². The summed E-state index contributed by atoms with van der Waals surface area (Å²) in [6, 6.07) is -0.543. The summed E-state index contributed by atoms with van der Waals surface area (Å²) >= 11 is 1.50. The number of rotatable bonds is 3. The number of β-lactam (4-membered cyclic amide) rings is 1. The lowest BCUT2D eigenvalue weighted by Gasteiger charge is -2.48. The van der Waals surface area contributed by atoms with Gasteiger partial charge in [0.15, 0.2) is 5.70 Å². The molecule has 0 unspecified atom stereocenters. The van der Waals surface area contributed by atoms with Crippen molar-refractivity contribution in [1.29, 1.82) is 0 Å². The van der Waals surface area contributed by atoms with E-state index in [1.54, 1.807) is 0 Å². The maximum Gasteiger partial charge on any atom is 0.345 e. The molecule has 8 heteroatoms. The lowest BCUT2D eigenvalue weighted by molar-refractivity contribution is -0.147. The molecule has 0 bridgehead atoms. The summed E-state index contributed by atoms with van der Waals surface area (Å²) in [7, 11) is -0.540. The largest absolute Gasteiger partial charge is 0.515 e. The minimum atomic E-state index is -2.03. The smallest absolute Gasteiger partial charge is 0.345 e.